The summed E-state index contributed by atoms with van der Waals surface area (Å²) in [6.07, 6.45) is 0. The van der Waals surface area contributed by atoms with Gasteiger partial charge in [0.25, 0.3) is 0 Å². The number of nitrogens with two attached hydrogens (primary N) is 2. The maximum absolute atomic E-state index is 5.86. The Morgan fingerprint density at radius 1 is 0.828 bits per heavy atom. The Kier molecular flexibility index (Phi) is 8.98. The van der Waals surface area contributed by atoms with E-state index in [1.165, 1.54) is 14.2 Å². The van der Waals surface area contributed by atoms with Gasteiger partial charge in [0, 0.05) is 28.3 Å². The van der Waals surface area contributed by atoms with Crippen molar-refractivity contribution in [1.82, 2.24) is 5.16 Å². The third-order valence-corrected chi connectivity index (χ3v) is 3.81. The van der Waals surface area contributed by atoms with Gasteiger partial charge in [-0.1, -0.05) is 57.9 Å². The maximum atomic E-state index is 5.86. The molecule has 10 heteroatoms. The van der Waals surface area contributed by atoms with Crippen LogP contribution in [-0.2, 0) is 9.68 Å². The van der Waals surface area contributed by atoms with Gasteiger partial charge in [-0.05, 0) is 6.07 Å². The number of benzene rings is 2. The average molecular weight is 438 g/mol. The van der Waals surface area contributed by atoms with E-state index in [-0.39, 0.29) is 30.6 Å². The molecule has 1 heterocycles. The van der Waals surface area contributed by atoms with Crippen LogP contribution in [-0.4, -0.2) is 31.0 Å². The summed E-state index contributed by atoms with van der Waals surface area (Å²) in [6, 6.07) is 16.7. The standard InChI is InChI=1S/C19H19N5O3.2ClH/c1-25-23-18(20)13-8-6-12(7-9-13)16-11-17(27-22-16)14-4-3-5-15(10-14)19(21)24-26-2;;/h3-11H,1-2H3,(H2,20,23)(H2,21,24);2*1H. The summed E-state index contributed by atoms with van der Waals surface area (Å²) in [7, 11) is 2.89. The first-order chi connectivity index (χ1) is 13.1. The second-order valence-corrected chi connectivity index (χ2v) is 5.55. The molecule has 0 aliphatic carbocycles. The SMILES string of the molecule is CO/N=C(\N)c1ccc(-c2cc(-c3cccc(/C(N)=N/OC)c3)on2)cc1.Cl.Cl. The largest absolute Gasteiger partial charge is 0.397 e. The fourth-order valence-corrected chi connectivity index (χ4v) is 2.49. The van der Waals surface area contributed by atoms with E-state index in [0.29, 0.717) is 17.3 Å². The normalized spacial score (nSPS) is 11.2. The van der Waals surface area contributed by atoms with Gasteiger partial charge in [0.1, 0.15) is 19.9 Å². The minimum Gasteiger partial charge on any atom is -0.397 e. The Morgan fingerprint density at radius 2 is 1.45 bits per heavy atom. The van der Waals surface area contributed by atoms with Gasteiger partial charge in [-0.2, -0.15) is 0 Å². The van der Waals surface area contributed by atoms with Crippen LogP contribution in [0.5, 0.6) is 0 Å². The summed E-state index contributed by atoms with van der Waals surface area (Å²) in [5, 5.41) is 11.6. The molecule has 8 nitrogen and oxygen atoms in total. The number of rotatable bonds is 6. The van der Waals surface area contributed by atoms with Gasteiger partial charge in [-0.15, -0.1) is 24.8 Å². The molecule has 0 amide bonds. The first kappa shape index (κ1) is 23.8. The number of nitrogens with zero attached hydrogens (tertiary/aromatic N) is 3. The Hall–Kier alpha value is -3.23. The topological polar surface area (TPSA) is 121 Å². The van der Waals surface area contributed by atoms with Crippen LogP contribution >= 0.6 is 24.8 Å². The number of aromatic nitrogens is 1. The van der Waals surface area contributed by atoms with E-state index in [1.807, 2.05) is 54.6 Å². The molecule has 154 valence electrons. The predicted octanol–water partition coefficient (Wildman–Crippen LogP) is 3.39. The third kappa shape index (κ3) is 5.63. The average Bonchev–Trinajstić information content (AvgIpc) is 3.19. The number of hydrogen-bond donors (Lipinski definition) is 2. The van der Waals surface area contributed by atoms with Gasteiger partial charge < -0.3 is 25.7 Å². The lowest BCUT2D eigenvalue weighted by Gasteiger charge is -2.02. The monoisotopic (exact) mass is 437 g/mol. The zero-order valence-electron chi connectivity index (χ0n) is 15.7. The van der Waals surface area contributed by atoms with Gasteiger partial charge in [0.15, 0.2) is 17.4 Å². The van der Waals surface area contributed by atoms with Gasteiger partial charge in [0.2, 0.25) is 0 Å². The van der Waals surface area contributed by atoms with Gasteiger partial charge >= 0.3 is 0 Å². The molecule has 0 atom stereocenters. The molecule has 4 N–H and O–H groups in total. The smallest absolute Gasteiger partial charge is 0.170 e. The van der Waals surface area contributed by atoms with Crippen LogP contribution in [0.2, 0.25) is 0 Å². The summed E-state index contributed by atoms with van der Waals surface area (Å²) < 4.78 is 5.49. The molecule has 3 rings (SSSR count). The van der Waals surface area contributed by atoms with Crippen molar-refractivity contribution in [2.24, 2.45) is 21.8 Å². The molecule has 1 aromatic heterocycles. The fourth-order valence-electron chi connectivity index (χ4n) is 2.49. The molecule has 0 fully saturated rings. The zero-order chi connectivity index (χ0) is 19.2. The van der Waals surface area contributed by atoms with Crippen molar-refractivity contribution in [3.05, 3.63) is 65.7 Å². The summed E-state index contributed by atoms with van der Waals surface area (Å²) in [5.74, 6) is 1.20. The van der Waals surface area contributed by atoms with E-state index < -0.39 is 0 Å². The first-order valence-electron chi connectivity index (χ1n) is 8.04. The van der Waals surface area contributed by atoms with Crippen LogP contribution in [0.1, 0.15) is 11.1 Å². The number of amidine groups is 2. The summed E-state index contributed by atoms with van der Waals surface area (Å²) in [5.41, 5.74) is 15.5. The lowest BCUT2D eigenvalue weighted by molar-refractivity contribution is 0.213. The van der Waals surface area contributed by atoms with Crippen LogP contribution < -0.4 is 11.5 Å². The second-order valence-electron chi connectivity index (χ2n) is 5.55. The molecule has 0 radical (unpaired) electrons. The molecule has 0 spiro atoms. The van der Waals surface area contributed by atoms with E-state index in [9.17, 15) is 0 Å². The van der Waals surface area contributed by atoms with Crippen LogP contribution in [0.25, 0.3) is 22.6 Å². The van der Waals surface area contributed by atoms with E-state index in [4.69, 9.17) is 20.8 Å². The van der Waals surface area contributed by atoms with Gasteiger partial charge in [-0.25, -0.2) is 0 Å². The molecule has 0 saturated heterocycles. The van der Waals surface area contributed by atoms with Crippen molar-refractivity contribution in [2.45, 2.75) is 0 Å². The van der Waals surface area contributed by atoms with E-state index in [0.717, 1.165) is 22.3 Å². The maximum Gasteiger partial charge on any atom is 0.170 e. The van der Waals surface area contributed by atoms with Crippen LogP contribution in [0, 0.1) is 0 Å². The molecule has 0 bridgehead atoms. The Labute approximate surface area is 180 Å². The van der Waals surface area contributed by atoms with Crippen molar-refractivity contribution in [1.29, 1.82) is 0 Å². The summed E-state index contributed by atoms with van der Waals surface area (Å²) >= 11 is 0. The highest BCUT2D eigenvalue weighted by atomic mass is 35.5. The third-order valence-electron chi connectivity index (χ3n) is 3.81. The highest BCUT2D eigenvalue weighted by molar-refractivity contribution is 5.98. The minimum absolute atomic E-state index is 0. The van der Waals surface area contributed by atoms with Gasteiger partial charge in [-0.3, -0.25) is 0 Å². The van der Waals surface area contributed by atoms with E-state index >= 15 is 0 Å². The molecule has 0 saturated carbocycles. The lowest BCUT2D eigenvalue weighted by atomic mass is 10.1. The lowest BCUT2D eigenvalue weighted by Crippen LogP contribution is -2.13. The predicted molar refractivity (Wildman–Crippen MR) is 117 cm³/mol. The number of oxime groups is 2. The van der Waals surface area contributed by atoms with E-state index in [2.05, 4.69) is 20.3 Å². The number of hydrogen-bond acceptors (Lipinski definition) is 6. The molecule has 2 aromatic carbocycles. The minimum atomic E-state index is 0. The van der Waals surface area contributed by atoms with Crippen molar-refractivity contribution in [3.8, 4) is 22.6 Å². The van der Waals surface area contributed by atoms with Crippen LogP contribution in [0.3, 0.4) is 0 Å². The van der Waals surface area contributed by atoms with Crippen molar-refractivity contribution < 1.29 is 14.2 Å². The van der Waals surface area contributed by atoms with Crippen molar-refractivity contribution in [3.63, 3.8) is 0 Å². The highest BCUT2D eigenvalue weighted by Crippen LogP contribution is 2.26. The molecule has 0 aliphatic rings. The summed E-state index contributed by atoms with van der Waals surface area (Å²) in [4.78, 5) is 9.39. The molecule has 0 unspecified atom stereocenters. The van der Waals surface area contributed by atoms with Crippen LogP contribution in [0.4, 0.5) is 0 Å². The Balaban J connectivity index is 0.00000210. The highest BCUT2D eigenvalue weighted by Gasteiger charge is 2.11. The molecular weight excluding hydrogens is 417 g/mol. The molecular formula is C19H21Cl2N5O3. The first-order valence-corrected chi connectivity index (χ1v) is 8.04. The van der Waals surface area contributed by atoms with Gasteiger partial charge in [0.05, 0.1) is 0 Å². The van der Waals surface area contributed by atoms with Crippen molar-refractivity contribution in [2.75, 3.05) is 14.2 Å². The van der Waals surface area contributed by atoms with E-state index in [1.54, 1.807) is 0 Å². The fraction of sp³-hybridized carbons (Fsp3) is 0.105. The summed E-state index contributed by atoms with van der Waals surface area (Å²) in [6.45, 7) is 0. The molecule has 29 heavy (non-hydrogen) atoms. The van der Waals surface area contributed by atoms with Crippen molar-refractivity contribution >= 4 is 36.5 Å². The Bertz CT molecular complexity index is 988. The van der Waals surface area contributed by atoms with Crippen LogP contribution in [0.15, 0.2) is 69.4 Å². The molecule has 0 aliphatic heterocycles. The Morgan fingerprint density at radius 3 is 2.07 bits per heavy atom. The number of halogens is 2. The zero-order valence-corrected chi connectivity index (χ0v) is 17.4. The molecule has 3 aromatic rings. The quantitative estimate of drug-likeness (QED) is 0.346. The second kappa shape index (κ2) is 10.9.